The third-order valence-electron chi connectivity index (χ3n) is 3.86. The summed E-state index contributed by atoms with van der Waals surface area (Å²) in [6.07, 6.45) is 0. The highest BCUT2D eigenvalue weighted by Crippen LogP contribution is 2.25. The van der Waals surface area contributed by atoms with E-state index in [0.29, 0.717) is 5.92 Å². The number of benzene rings is 3. The third-order valence-corrected chi connectivity index (χ3v) is 3.86. The summed E-state index contributed by atoms with van der Waals surface area (Å²) in [6, 6.07) is 27.6. The van der Waals surface area contributed by atoms with Gasteiger partial charge in [-0.05, 0) is 46.9 Å². The number of hydrogen-bond donors (Lipinski definition) is 1. The number of anilines is 2. The molecular weight excluding hydrogens is 266 g/mol. The molecule has 1 N–H and O–H groups in total. The van der Waals surface area contributed by atoms with E-state index in [1.54, 1.807) is 0 Å². The second-order valence-electron chi connectivity index (χ2n) is 5.85. The average molecular weight is 287 g/mol. The van der Waals surface area contributed by atoms with E-state index in [0.717, 1.165) is 11.4 Å². The van der Waals surface area contributed by atoms with Crippen LogP contribution < -0.4 is 5.32 Å². The maximum Gasteiger partial charge on any atom is 0.0384 e. The van der Waals surface area contributed by atoms with Crippen molar-refractivity contribution in [1.29, 1.82) is 0 Å². The molecule has 3 aromatic rings. The largest absolute Gasteiger partial charge is 0.356 e. The minimum absolute atomic E-state index is 0.575. The van der Waals surface area contributed by atoms with Crippen molar-refractivity contribution in [3.63, 3.8) is 0 Å². The Morgan fingerprint density at radius 1 is 0.591 bits per heavy atom. The minimum Gasteiger partial charge on any atom is -0.356 e. The Balaban J connectivity index is 1.76. The Labute approximate surface area is 132 Å². The molecule has 0 heterocycles. The number of para-hydroxylation sites is 1. The van der Waals surface area contributed by atoms with Gasteiger partial charge in [0.1, 0.15) is 0 Å². The first kappa shape index (κ1) is 14.4. The molecular formula is C21H21N. The summed E-state index contributed by atoms with van der Waals surface area (Å²) in [5.41, 5.74) is 6.10. The number of nitrogens with one attached hydrogen (secondary N) is 1. The lowest BCUT2D eigenvalue weighted by Gasteiger charge is -2.09. The first-order valence-corrected chi connectivity index (χ1v) is 7.75. The Kier molecular flexibility index (Phi) is 4.24. The summed E-state index contributed by atoms with van der Waals surface area (Å²) < 4.78 is 0. The third kappa shape index (κ3) is 3.37. The molecule has 0 fully saturated rings. The highest BCUT2D eigenvalue weighted by molar-refractivity contribution is 5.68. The van der Waals surface area contributed by atoms with Gasteiger partial charge in [0.25, 0.3) is 0 Å². The zero-order valence-corrected chi connectivity index (χ0v) is 13.1. The molecule has 0 saturated heterocycles. The van der Waals surface area contributed by atoms with Crippen LogP contribution >= 0.6 is 0 Å². The van der Waals surface area contributed by atoms with Gasteiger partial charge in [-0.1, -0.05) is 68.4 Å². The quantitative estimate of drug-likeness (QED) is 0.600. The van der Waals surface area contributed by atoms with Gasteiger partial charge in [-0.3, -0.25) is 0 Å². The van der Waals surface area contributed by atoms with Crippen LogP contribution in [0.15, 0.2) is 78.9 Å². The molecule has 110 valence electrons. The molecule has 0 amide bonds. The molecule has 0 aliphatic rings. The van der Waals surface area contributed by atoms with E-state index in [-0.39, 0.29) is 0 Å². The van der Waals surface area contributed by atoms with Crippen LogP contribution in [0, 0.1) is 0 Å². The molecule has 0 aliphatic heterocycles. The van der Waals surface area contributed by atoms with Crippen molar-refractivity contribution in [2.24, 2.45) is 0 Å². The van der Waals surface area contributed by atoms with Crippen LogP contribution in [0.3, 0.4) is 0 Å². The lowest BCUT2D eigenvalue weighted by atomic mass is 9.99. The predicted molar refractivity (Wildman–Crippen MR) is 95.7 cm³/mol. The highest BCUT2D eigenvalue weighted by Gasteiger charge is 2.01. The van der Waals surface area contributed by atoms with Crippen molar-refractivity contribution in [1.82, 2.24) is 0 Å². The average Bonchev–Trinajstić information content (AvgIpc) is 2.57. The minimum atomic E-state index is 0.575. The van der Waals surface area contributed by atoms with Crippen LogP contribution in [0.4, 0.5) is 11.4 Å². The van der Waals surface area contributed by atoms with Crippen molar-refractivity contribution >= 4 is 11.4 Å². The monoisotopic (exact) mass is 287 g/mol. The number of hydrogen-bond acceptors (Lipinski definition) is 1. The zero-order valence-electron chi connectivity index (χ0n) is 13.1. The molecule has 0 atom stereocenters. The zero-order chi connectivity index (χ0) is 15.4. The summed E-state index contributed by atoms with van der Waals surface area (Å²) >= 11 is 0. The van der Waals surface area contributed by atoms with Gasteiger partial charge in [-0.2, -0.15) is 0 Å². The van der Waals surface area contributed by atoms with Crippen molar-refractivity contribution in [3.8, 4) is 11.1 Å². The van der Waals surface area contributed by atoms with Gasteiger partial charge >= 0.3 is 0 Å². The Bertz CT molecular complexity index is 710. The summed E-state index contributed by atoms with van der Waals surface area (Å²) in [5, 5.41) is 3.41. The topological polar surface area (TPSA) is 12.0 Å². The van der Waals surface area contributed by atoms with Gasteiger partial charge in [0.2, 0.25) is 0 Å². The molecule has 1 nitrogen and oxygen atoms in total. The van der Waals surface area contributed by atoms with Gasteiger partial charge in [0.15, 0.2) is 0 Å². The fourth-order valence-electron chi connectivity index (χ4n) is 2.49. The SMILES string of the molecule is CC(C)c1ccc(-c2ccc(Nc3ccccc3)cc2)cc1. The smallest absolute Gasteiger partial charge is 0.0384 e. The Morgan fingerprint density at radius 3 is 1.64 bits per heavy atom. The van der Waals surface area contributed by atoms with Crippen LogP contribution in [-0.4, -0.2) is 0 Å². The molecule has 3 rings (SSSR count). The molecule has 22 heavy (non-hydrogen) atoms. The first-order valence-electron chi connectivity index (χ1n) is 7.75. The normalized spacial score (nSPS) is 10.7. The molecule has 0 aliphatic carbocycles. The highest BCUT2D eigenvalue weighted by atomic mass is 14.9. The van der Waals surface area contributed by atoms with Gasteiger partial charge in [-0.25, -0.2) is 0 Å². The van der Waals surface area contributed by atoms with E-state index < -0.39 is 0 Å². The van der Waals surface area contributed by atoms with Crippen LogP contribution in [-0.2, 0) is 0 Å². The van der Waals surface area contributed by atoms with Crippen molar-refractivity contribution in [3.05, 3.63) is 84.4 Å². The summed E-state index contributed by atoms with van der Waals surface area (Å²) in [7, 11) is 0. The lowest BCUT2D eigenvalue weighted by molar-refractivity contribution is 0.867. The summed E-state index contributed by atoms with van der Waals surface area (Å²) in [4.78, 5) is 0. The van der Waals surface area contributed by atoms with Crippen LogP contribution in [0.5, 0.6) is 0 Å². The van der Waals surface area contributed by atoms with Gasteiger partial charge in [-0.15, -0.1) is 0 Å². The van der Waals surface area contributed by atoms with E-state index in [9.17, 15) is 0 Å². The van der Waals surface area contributed by atoms with E-state index in [1.165, 1.54) is 16.7 Å². The van der Waals surface area contributed by atoms with Crippen molar-refractivity contribution < 1.29 is 0 Å². The fourth-order valence-corrected chi connectivity index (χ4v) is 2.49. The van der Waals surface area contributed by atoms with Gasteiger partial charge in [0.05, 0.1) is 0 Å². The second-order valence-corrected chi connectivity index (χ2v) is 5.85. The molecule has 0 unspecified atom stereocenters. The van der Waals surface area contributed by atoms with Crippen LogP contribution in [0.2, 0.25) is 0 Å². The summed E-state index contributed by atoms with van der Waals surface area (Å²) in [6.45, 7) is 4.44. The molecule has 0 aromatic heterocycles. The Hall–Kier alpha value is -2.54. The molecule has 0 saturated carbocycles. The van der Waals surface area contributed by atoms with E-state index in [1.807, 2.05) is 18.2 Å². The maximum absolute atomic E-state index is 3.41. The van der Waals surface area contributed by atoms with E-state index >= 15 is 0 Å². The van der Waals surface area contributed by atoms with Crippen molar-refractivity contribution in [2.75, 3.05) is 5.32 Å². The second kappa shape index (κ2) is 6.48. The van der Waals surface area contributed by atoms with Crippen LogP contribution in [0.25, 0.3) is 11.1 Å². The number of rotatable bonds is 4. The lowest BCUT2D eigenvalue weighted by Crippen LogP contribution is -1.90. The first-order chi connectivity index (χ1) is 10.7. The van der Waals surface area contributed by atoms with Crippen molar-refractivity contribution in [2.45, 2.75) is 19.8 Å². The maximum atomic E-state index is 3.41. The van der Waals surface area contributed by atoms with Gasteiger partial charge < -0.3 is 5.32 Å². The predicted octanol–water partition coefficient (Wildman–Crippen LogP) is 6.22. The molecule has 0 radical (unpaired) electrons. The summed E-state index contributed by atoms with van der Waals surface area (Å²) in [5.74, 6) is 0.575. The van der Waals surface area contributed by atoms with Crippen LogP contribution in [0.1, 0.15) is 25.3 Å². The molecule has 0 spiro atoms. The molecule has 1 heteroatoms. The molecule has 3 aromatic carbocycles. The Morgan fingerprint density at radius 2 is 1.09 bits per heavy atom. The van der Waals surface area contributed by atoms with E-state index in [2.05, 4.69) is 79.8 Å². The standard InChI is InChI=1S/C21H21N/c1-16(2)17-8-10-18(11-9-17)19-12-14-21(15-13-19)22-20-6-4-3-5-7-20/h3-16,22H,1-2H3. The van der Waals surface area contributed by atoms with Gasteiger partial charge in [0, 0.05) is 11.4 Å². The molecule has 0 bridgehead atoms. The fraction of sp³-hybridized carbons (Fsp3) is 0.143. The van der Waals surface area contributed by atoms with E-state index in [4.69, 9.17) is 0 Å².